The Labute approximate surface area is 164 Å². The Kier molecular flexibility index (Phi) is 5.65. The molecule has 2 N–H and O–H groups in total. The van der Waals surface area contributed by atoms with Gasteiger partial charge in [0.05, 0.1) is 5.69 Å². The van der Waals surface area contributed by atoms with Crippen LogP contribution in [0.5, 0.6) is 0 Å². The van der Waals surface area contributed by atoms with Crippen LogP contribution in [0.2, 0.25) is 0 Å². The monoisotopic (exact) mass is 411 g/mol. The van der Waals surface area contributed by atoms with E-state index in [9.17, 15) is 18.0 Å². The molecule has 29 heavy (non-hydrogen) atoms. The SMILES string of the molecule is Cc1noc(C)c1C(=O)N1CC2CNCC2c2ccccc21.O=C(O)C(F)(F)F. The lowest BCUT2D eigenvalue weighted by molar-refractivity contribution is -0.192. The molecular weight excluding hydrogens is 391 g/mol. The molecule has 1 aromatic heterocycles. The van der Waals surface area contributed by atoms with Crippen LogP contribution in [0.4, 0.5) is 18.9 Å². The number of amides is 1. The predicted molar refractivity (Wildman–Crippen MR) is 96.9 cm³/mol. The number of halogens is 3. The minimum Gasteiger partial charge on any atom is -0.475 e. The molecule has 4 rings (SSSR count). The number of alkyl halides is 3. The number of anilines is 1. The largest absolute Gasteiger partial charge is 0.490 e. The van der Waals surface area contributed by atoms with E-state index in [1.165, 1.54) is 5.56 Å². The van der Waals surface area contributed by atoms with E-state index >= 15 is 0 Å². The average Bonchev–Trinajstić information content (AvgIpc) is 3.26. The van der Waals surface area contributed by atoms with Crippen molar-refractivity contribution in [3.05, 3.63) is 46.8 Å². The lowest BCUT2D eigenvalue weighted by Crippen LogP contribution is -2.42. The van der Waals surface area contributed by atoms with Gasteiger partial charge in [0.2, 0.25) is 0 Å². The normalized spacial score (nSPS) is 20.4. The number of carbonyl (C=O) groups excluding carboxylic acids is 1. The van der Waals surface area contributed by atoms with Crippen molar-refractivity contribution in [1.82, 2.24) is 10.5 Å². The summed E-state index contributed by atoms with van der Waals surface area (Å²) < 4.78 is 36.9. The summed E-state index contributed by atoms with van der Waals surface area (Å²) in [5.74, 6) is -1.20. The Morgan fingerprint density at radius 1 is 1.24 bits per heavy atom. The van der Waals surface area contributed by atoms with Gasteiger partial charge in [-0.15, -0.1) is 0 Å². The lowest BCUT2D eigenvalue weighted by atomic mass is 9.83. The van der Waals surface area contributed by atoms with Crippen molar-refractivity contribution in [2.24, 2.45) is 5.92 Å². The van der Waals surface area contributed by atoms with Crippen molar-refractivity contribution in [2.75, 3.05) is 24.5 Å². The van der Waals surface area contributed by atoms with Gasteiger partial charge in [-0.1, -0.05) is 23.4 Å². The highest BCUT2D eigenvalue weighted by atomic mass is 19.4. The summed E-state index contributed by atoms with van der Waals surface area (Å²) in [5, 5.41) is 14.5. The maximum absolute atomic E-state index is 13.1. The van der Waals surface area contributed by atoms with Gasteiger partial charge in [-0.25, -0.2) is 4.79 Å². The van der Waals surface area contributed by atoms with Crippen molar-refractivity contribution < 1.29 is 32.4 Å². The molecule has 1 fully saturated rings. The Bertz CT molecular complexity index is 906. The fourth-order valence-corrected chi connectivity index (χ4v) is 3.78. The predicted octanol–water partition coefficient (Wildman–Crippen LogP) is 2.89. The van der Waals surface area contributed by atoms with Crippen LogP contribution in [0, 0.1) is 19.8 Å². The number of carboxylic acid groups (broad SMARTS) is 1. The minimum atomic E-state index is -5.08. The summed E-state index contributed by atoms with van der Waals surface area (Å²) >= 11 is 0. The molecule has 2 atom stereocenters. The van der Waals surface area contributed by atoms with E-state index in [4.69, 9.17) is 14.4 Å². The summed E-state index contributed by atoms with van der Waals surface area (Å²) in [7, 11) is 0. The summed E-state index contributed by atoms with van der Waals surface area (Å²) in [6, 6.07) is 8.24. The molecule has 3 heterocycles. The van der Waals surface area contributed by atoms with Crippen molar-refractivity contribution in [3.8, 4) is 0 Å². The van der Waals surface area contributed by atoms with Gasteiger partial charge in [-0.2, -0.15) is 13.2 Å². The zero-order valence-corrected chi connectivity index (χ0v) is 15.8. The van der Waals surface area contributed by atoms with Gasteiger partial charge in [0.25, 0.3) is 5.91 Å². The highest BCUT2D eigenvalue weighted by Crippen LogP contribution is 2.41. The molecule has 7 nitrogen and oxygen atoms in total. The number of benzene rings is 1. The van der Waals surface area contributed by atoms with Gasteiger partial charge in [0.1, 0.15) is 11.3 Å². The lowest BCUT2D eigenvalue weighted by Gasteiger charge is -2.36. The quantitative estimate of drug-likeness (QED) is 0.749. The number of nitrogens with one attached hydrogen (secondary N) is 1. The standard InChI is InChI=1S/C17H19N3O2.C2HF3O2/c1-10-16(11(2)22-19-10)17(21)20-9-12-7-18-8-14(12)13-5-3-4-6-15(13)20;3-2(4,5)1(6)7/h3-6,12,14,18H,7-9H2,1-2H3;(H,6,7). The third kappa shape index (κ3) is 4.12. The number of fused-ring (bicyclic) bond motifs is 3. The molecule has 0 bridgehead atoms. The fraction of sp³-hybridized carbons (Fsp3) is 0.421. The van der Waals surface area contributed by atoms with Gasteiger partial charge in [-0.3, -0.25) is 4.79 Å². The van der Waals surface area contributed by atoms with Crippen LogP contribution in [-0.2, 0) is 4.79 Å². The number of aliphatic carboxylic acids is 1. The molecule has 2 aromatic rings. The molecule has 1 aromatic carbocycles. The molecule has 0 saturated carbocycles. The van der Waals surface area contributed by atoms with Crippen LogP contribution in [0.3, 0.4) is 0 Å². The van der Waals surface area contributed by atoms with Gasteiger partial charge in [0, 0.05) is 31.2 Å². The maximum Gasteiger partial charge on any atom is 0.490 e. The van der Waals surface area contributed by atoms with Crippen LogP contribution < -0.4 is 10.2 Å². The molecule has 0 aliphatic carbocycles. The number of carboxylic acids is 1. The Balaban J connectivity index is 0.000000298. The van der Waals surface area contributed by atoms with Gasteiger partial charge < -0.3 is 19.8 Å². The third-order valence-electron chi connectivity index (χ3n) is 5.12. The zero-order valence-electron chi connectivity index (χ0n) is 15.8. The van der Waals surface area contributed by atoms with Crippen molar-refractivity contribution in [2.45, 2.75) is 25.9 Å². The first kappa shape index (κ1) is 20.8. The number of rotatable bonds is 1. The molecule has 156 valence electrons. The van der Waals surface area contributed by atoms with Gasteiger partial charge >= 0.3 is 12.1 Å². The van der Waals surface area contributed by atoms with E-state index in [2.05, 4.69) is 22.6 Å². The first-order chi connectivity index (χ1) is 13.6. The molecule has 0 spiro atoms. The summed E-state index contributed by atoms with van der Waals surface area (Å²) in [4.78, 5) is 23.9. The fourth-order valence-electron chi connectivity index (χ4n) is 3.78. The van der Waals surface area contributed by atoms with Crippen molar-refractivity contribution >= 4 is 17.6 Å². The molecule has 10 heteroatoms. The molecule has 1 amide bonds. The van der Waals surface area contributed by atoms with E-state index in [0.717, 1.165) is 25.3 Å². The summed E-state index contributed by atoms with van der Waals surface area (Å²) in [5.41, 5.74) is 3.55. The minimum absolute atomic E-state index is 0.00551. The van der Waals surface area contributed by atoms with Gasteiger partial charge in [-0.05, 0) is 31.4 Å². The van der Waals surface area contributed by atoms with E-state index in [0.29, 0.717) is 28.9 Å². The average molecular weight is 411 g/mol. The van der Waals surface area contributed by atoms with Crippen LogP contribution in [0.25, 0.3) is 0 Å². The molecule has 2 aliphatic heterocycles. The van der Waals surface area contributed by atoms with Crippen LogP contribution in [-0.4, -0.2) is 48.0 Å². The molecule has 2 aliphatic rings. The Morgan fingerprint density at radius 3 is 2.48 bits per heavy atom. The van der Waals surface area contributed by atoms with E-state index in [1.54, 1.807) is 6.92 Å². The third-order valence-corrected chi connectivity index (χ3v) is 5.12. The first-order valence-electron chi connectivity index (χ1n) is 8.95. The number of aryl methyl sites for hydroxylation is 2. The smallest absolute Gasteiger partial charge is 0.475 e. The zero-order chi connectivity index (χ0) is 21.3. The van der Waals surface area contributed by atoms with Crippen molar-refractivity contribution in [1.29, 1.82) is 0 Å². The highest BCUT2D eigenvalue weighted by molar-refractivity contribution is 6.08. The van der Waals surface area contributed by atoms with E-state index in [-0.39, 0.29) is 5.91 Å². The summed E-state index contributed by atoms with van der Waals surface area (Å²) in [6.45, 7) is 6.32. The summed E-state index contributed by atoms with van der Waals surface area (Å²) in [6.07, 6.45) is -5.08. The molecule has 0 radical (unpaired) electrons. The molecular formula is C19H20F3N3O4. The Hall–Kier alpha value is -2.88. The van der Waals surface area contributed by atoms with Crippen LogP contribution in [0.1, 0.15) is 33.3 Å². The van der Waals surface area contributed by atoms with Crippen LogP contribution in [0.15, 0.2) is 28.8 Å². The van der Waals surface area contributed by atoms with E-state index in [1.807, 2.05) is 24.0 Å². The number of carbonyl (C=O) groups is 2. The molecule has 1 saturated heterocycles. The van der Waals surface area contributed by atoms with Gasteiger partial charge in [0.15, 0.2) is 0 Å². The number of hydrogen-bond acceptors (Lipinski definition) is 5. The second-order valence-electron chi connectivity index (χ2n) is 7.00. The van der Waals surface area contributed by atoms with E-state index < -0.39 is 12.1 Å². The maximum atomic E-state index is 13.1. The molecule has 2 unspecified atom stereocenters. The first-order valence-corrected chi connectivity index (χ1v) is 8.95. The highest BCUT2D eigenvalue weighted by Gasteiger charge is 2.40. The van der Waals surface area contributed by atoms with Crippen LogP contribution >= 0.6 is 0 Å². The number of aromatic nitrogens is 1. The number of hydrogen-bond donors (Lipinski definition) is 2. The number of para-hydroxylation sites is 1. The number of nitrogens with zero attached hydrogens (tertiary/aromatic N) is 2. The van der Waals surface area contributed by atoms with Crippen molar-refractivity contribution in [3.63, 3.8) is 0 Å². The second-order valence-corrected chi connectivity index (χ2v) is 7.00. The second kappa shape index (κ2) is 7.86. The topological polar surface area (TPSA) is 95.7 Å². The Morgan fingerprint density at radius 2 is 1.90 bits per heavy atom.